The number of carbonyl (C=O) groups is 2. The molecule has 12 heteroatoms. The smallest absolute Gasteiger partial charge is 0.270 e. The highest BCUT2D eigenvalue weighted by Gasteiger charge is 2.29. The lowest BCUT2D eigenvalue weighted by Gasteiger charge is -2.35. The molecule has 5 aromatic rings. The van der Waals surface area contributed by atoms with Crippen LogP contribution in [0.25, 0.3) is 27.6 Å². The van der Waals surface area contributed by atoms with Gasteiger partial charge in [0.1, 0.15) is 17.3 Å². The minimum atomic E-state index is -0.452. The van der Waals surface area contributed by atoms with E-state index in [0.717, 1.165) is 22.5 Å². The highest BCUT2D eigenvalue weighted by atomic mass is 19.1. The number of aromatic amines is 1. The molecule has 11 nitrogen and oxygen atoms in total. The van der Waals surface area contributed by atoms with Crippen molar-refractivity contribution >= 4 is 34.1 Å². The van der Waals surface area contributed by atoms with E-state index in [9.17, 15) is 9.59 Å². The second-order valence-corrected chi connectivity index (χ2v) is 13.2. The van der Waals surface area contributed by atoms with Crippen molar-refractivity contribution in [1.82, 2.24) is 34.8 Å². The van der Waals surface area contributed by atoms with E-state index in [2.05, 4.69) is 32.3 Å². The van der Waals surface area contributed by atoms with Crippen molar-refractivity contribution in [3.63, 3.8) is 0 Å². The third-order valence-electron chi connectivity index (χ3n) is 10.1. The van der Waals surface area contributed by atoms with E-state index in [4.69, 9.17) is 9.72 Å². The third kappa shape index (κ3) is 6.21. The number of methoxy groups -OCH3 is 1. The summed E-state index contributed by atoms with van der Waals surface area (Å²) < 4.78 is 24.0. The summed E-state index contributed by atoms with van der Waals surface area (Å²) in [6, 6.07) is 15.4. The second kappa shape index (κ2) is 13.4. The molecule has 2 aliphatic heterocycles. The molecule has 0 spiro atoms. The van der Waals surface area contributed by atoms with Crippen LogP contribution in [-0.2, 0) is 11.3 Å². The maximum Gasteiger partial charge on any atom is 0.270 e. The Morgan fingerprint density at radius 2 is 1.82 bits per heavy atom. The SMILES string of the molecule is COc1ccccc1-c1cc(C2=CCCN(C(=O)CCn3ccnn3)C2)c(F)c2[nH]c(C(=O)N3CCN(c4ccc(C5CC5)cn4)CC3)cc12. The molecule has 50 heavy (non-hydrogen) atoms. The number of aromatic nitrogens is 5. The molecule has 3 aromatic heterocycles. The van der Waals surface area contributed by atoms with Crippen LogP contribution in [0.3, 0.4) is 0 Å². The zero-order valence-corrected chi connectivity index (χ0v) is 28.0. The fourth-order valence-electron chi connectivity index (χ4n) is 7.12. The number of para-hydroxylation sites is 1. The number of fused-ring (bicyclic) bond motifs is 1. The third-order valence-corrected chi connectivity index (χ3v) is 10.1. The van der Waals surface area contributed by atoms with Gasteiger partial charge in [-0.15, -0.1) is 5.10 Å². The molecule has 1 saturated heterocycles. The normalized spacial score (nSPS) is 16.5. The summed E-state index contributed by atoms with van der Waals surface area (Å²) in [6.07, 6.45) is 10.6. The lowest BCUT2D eigenvalue weighted by Crippen LogP contribution is -2.49. The van der Waals surface area contributed by atoms with Crippen LogP contribution in [-0.4, -0.2) is 93.0 Å². The monoisotopic (exact) mass is 674 g/mol. The Balaban J connectivity index is 1.07. The molecule has 0 radical (unpaired) electrons. The quantitative estimate of drug-likeness (QED) is 0.219. The van der Waals surface area contributed by atoms with E-state index in [0.29, 0.717) is 74.0 Å². The summed E-state index contributed by atoms with van der Waals surface area (Å²) in [4.78, 5) is 40.7. The fourth-order valence-corrected chi connectivity index (χ4v) is 7.12. The summed E-state index contributed by atoms with van der Waals surface area (Å²) in [5, 5.41) is 8.34. The van der Waals surface area contributed by atoms with Gasteiger partial charge in [0.15, 0.2) is 5.82 Å². The average molecular weight is 675 g/mol. The molecule has 0 bridgehead atoms. The topological polar surface area (TPSA) is 112 Å². The molecule has 2 fully saturated rings. The van der Waals surface area contributed by atoms with Gasteiger partial charge in [-0.3, -0.25) is 14.3 Å². The largest absolute Gasteiger partial charge is 0.496 e. The first kappa shape index (κ1) is 31.7. The van der Waals surface area contributed by atoms with Gasteiger partial charge in [-0.2, -0.15) is 0 Å². The van der Waals surface area contributed by atoms with Crippen molar-refractivity contribution in [1.29, 1.82) is 0 Å². The van der Waals surface area contributed by atoms with Crippen LogP contribution in [0.2, 0.25) is 0 Å². The summed E-state index contributed by atoms with van der Waals surface area (Å²) in [6.45, 7) is 3.63. The molecule has 2 aromatic carbocycles. The number of carbonyl (C=O) groups excluding carboxylic acids is 2. The van der Waals surface area contributed by atoms with Gasteiger partial charge < -0.3 is 24.4 Å². The molecule has 0 atom stereocenters. The van der Waals surface area contributed by atoms with E-state index in [1.807, 2.05) is 47.5 Å². The van der Waals surface area contributed by atoms with Gasteiger partial charge in [0.05, 0.1) is 25.4 Å². The first-order valence-electron chi connectivity index (χ1n) is 17.3. The van der Waals surface area contributed by atoms with Gasteiger partial charge in [0.2, 0.25) is 5.91 Å². The average Bonchev–Trinajstić information content (AvgIpc) is 3.69. The number of anilines is 1. The molecule has 256 valence electrons. The number of nitrogens with one attached hydrogen (secondary N) is 1. The molecular weight excluding hydrogens is 635 g/mol. The number of amides is 2. The van der Waals surface area contributed by atoms with E-state index in [1.165, 1.54) is 18.4 Å². The Bertz CT molecular complexity index is 2060. The van der Waals surface area contributed by atoms with Crippen LogP contribution in [0, 0.1) is 5.82 Å². The molecule has 5 heterocycles. The Labute approximate surface area is 289 Å². The predicted molar refractivity (Wildman–Crippen MR) is 188 cm³/mol. The number of rotatable bonds is 9. The molecule has 2 amide bonds. The number of piperazine rings is 1. The minimum Gasteiger partial charge on any atom is -0.496 e. The lowest BCUT2D eigenvalue weighted by atomic mass is 9.93. The van der Waals surface area contributed by atoms with Crippen molar-refractivity contribution in [3.8, 4) is 16.9 Å². The molecule has 0 unspecified atom stereocenters. The molecule has 8 rings (SSSR count). The molecular formula is C38H39FN8O3. The fraction of sp³-hybridized carbons (Fsp3) is 0.342. The summed E-state index contributed by atoms with van der Waals surface area (Å²) in [5.41, 5.74) is 4.51. The number of benzene rings is 2. The maximum absolute atomic E-state index is 16.7. The molecule has 3 aliphatic rings. The number of nitrogens with zero attached hydrogens (tertiary/aromatic N) is 7. The van der Waals surface area contributed by atoms with E-state index in [1.54, 1.807) is 35.2 Å². The minimum absolute atomic E-state index is 0.0311. The van der Waals surface area contributed by atoms with Gasteiger partial charge in [-0.05, 0) is 66.1 Å². The van der Waals surface area contributed by atoms with Crippen LogP contribution >= 0.6 is 0 Å². The number of hydrogen-bond acceptors (Lipinski definition) is 7. The zero-order chi connectivity index (χ0) is 34.2. The van der Waals surface area contributed by atoms with Crippen molar-refractivity contribution in [2.75, 3.05) is 51.3 Å². The van der Waals surface area contributed by atoms with Crippen LogP contribution in [0.4, 0.5) is 10.2 Å². The molecule has 1 saturated carbocycles. The standard InChI is InChI=1S/C38H39FN8O3/c1-50-33-7-3-2-6-28(33)30-21-29(27-5-4-14-46(24-27)35(48)12-15-47-16-13-41-43-47)36(39)37-31(30)22-32(42-37)38(49)45-19-17-44(18-20-45)34-11-10-26(23-40-34)25-8-9-25/h2-3,5-7,10-11,13,16,21-23,25,42H,4,8-9,12,14-15,17-20,24H2,1H3. The first-order chi connectivity index (χ1) is 24.5. The number of pyridine rings is 1. The highest BCUT2D eigenvalue weighted by Crippen LogP contribution is 2.41. The van der Waals surface area contributed by atoms with Crippen molar-refractivity contribution in [3.05, 3.63) is 95.8 Å². The number of aryl methyl sites for hydroxylation is 1. The van der Waals surface area contributed by atoms with Crippen molar-refractivity contribution in [2.24, 2.45) is 0 Å². The highest BCUT2D eigenvalue weighted by molar-refractivity contribution is 6.05. The lowest BCUT2D eigenvalue weighted by molar-refractivity contribution is -0.131. The Hall–Kier alpha value is -5.52. The predicted octanol–water partition coefficient (Wildman–Crippen LogP) is 5.51. The van der Waals surface area contributed by atoms with Crippen molar-refractivity contribution < 1.29 is 18.7 Å². The number of H-pyrrole nitrogens is 1. The second-order valence-electron chi connectivity index (χ2n) is 13.2. The number of ether oxygens (including phenoxy) is 1. The Morgan fingerprint density at radius 1 is 0.980 bits per heavy atom. The zero-order valence-electron chi connectivity index (χ0n) is 28.0. The summed E-state index contributed by atoms with van der Waals surface area (Å²) in [5.74, 6) is 1.56. The van der Waals surface area contributed by atoms with Gasteiger partial charge in [-0.1, -0.05) is 35.6 Å². The van der Waals surface area contributed by atoms with Crippen LogP contribution in [0.5, 0.6) is 5.75 Å². The van der Waals surface area contributed by atoms with E-state index >= 15 is 4.39 Å². The Kier molecular flexibility index (Phi) is 8.51. The van der Waals surface area contributed by atoms with Gasteiger partial charge in [-0.25, -0.2) is 9.37 Å². The van der Waals surface area contributed by atoms with Crippen LogP contribution in [0.15, 0.2) is 73.2 Å². The Morgan fingerprint density at radius 3 is 2.56 bits per heavy atom. The van der Waals surface area contributed by atoms with Gasteiger partial charge in [0, 0.05) is 74.6 Å². The first-order valence-corrected chi connectivity index (χ1v) is 17.3. The van der Waals surface area contributed by atoms with Gasteiger partial charge in [0.25, 0.3) is 5.91 Å². The van der Waals surface area contributed by atoms with E-state index in [-0.39, 0.29) is 30.3 Å². The maximum atomic E-state index is 16.7. The van der Waals surface area contributed by atoms with Crippen LogP contribution in [0.1, 0.15) is 53.2 Å². The van der Waals surface area contributed by atoms with Crippen molar-refractivity contribution in [2.45, 2.75) is 38.1 Å². The number of hydrogen-bond donors (Lipinski definition) is 1. The van der Waals surface area contributed by atoms with Gasteiger partial charge >= 0.3 is 0 Å². The summed E-state index contributed by atoms with van der Waals surface area (Å²) >= 11 is 0. The van der Waals surface area contributed by atoms with E-state index < -0.39 is 5.82 Å². The molecule has 1 aliphatic carbocycles. The summed E-state index contributed by atoms with van der Waals surface area (Å²) in [7, 11) is 1.61. The molecule has 1 N–H and O–H groups in total. The van der Waals surface area contributed by atoms with Crippen LogP contribution < -0.4 is 9.64 Å². The number of halogens is 1.